The highest BCUT2D eigenvalue weighted by Crippen LogP contribution is 2.18. The fraction of sp³-hybridized carbons (Fsp3) is 0.200. The molecule has 0 unspecified atom stereocenters. The molecule has 0 saturated heterocycles. The monoisotopic (exact) mass is 198 g/mol. The topological polar surface area (TPSA) is 0 Å². The zero-order valence-electron chi connectivity index (χ0n) is 9.42. The highest BCUT2D eigenvalue weighted by Gasteiger charge is 2.00. The highest BCUT2D eigenvalue weighted by molar-refractivity contribution is 5.63. The van der Waals surface area contributed by atoms with E-state index in [0.717, 1.165) is 18.4 Å². The van der Waals surface area contributed by atoms with Crippen LogP contribution in [0.3, 0.4) is 0 Å². The van der Waals surface area contributed by atoms with Crippen molar-refractivity contribution in [2.45, 2.75) is 19.8 Å². The van der Waals surface area contributed by atoms with Crippen molar-refractivity contribution < 1.29 is 0 Å². The van der Waals surface area contributed by atoms with Crippen molar-refractivity contribution in [1.29, 1.82) is 0 Å². The summed E-state index contributed by atoms with van der Waals surface area (Å²) in [6, 6.07) is 6.56. The van der Waals surface area contributed by atoms with Gasteiger partial charge in [-0.15, -0.1) is 13.2 Å². The smallest absolute Gasteiger partial charge is 0.00998 e. The van der Waals surface area contributed by atoms with E-state index < -0.39 is 0 Å². The van der Waals surface area contributed by atoms with Crippen molar-refractivity contribution in [2.75, 3.05) is 0 Å². The molecule has 0 spiro atoms. The lowest BCUT2D eigenvalue weighted by atomic mass is 9.98. The summed E-state index contributed by atoms with van der Waals surface area (Å²) < 4.78 is 0. The van der Waals surface area contributed by atoms with Crippen LogP contribution < -0.4 is 0 Å². The first-order valence-electron chi connectivity index (χ1n) is 5.18. The maximum Gasteiger partial charge on any atom is -0.00998 e. The van der Waals surface area contributed by atoms with Gasteiger partial charge in [0.1, 0.15) is 0 Å². The molecule has 0 N–H and O–H groups in total. The Morgan fingerprint density at radius 1 is 1.07 bits per heavy atom. The first kappa shape index (κ1) is 11.5. The average molecular weight is 198 g/mol. The van der Waals surface area contributed by atoms with Crippen molar-refractivity contribution >= 4 is 5.57 Å². The number of hydrogen-bond acceptors (Lipinski definition) is 0. The highest BCUT2D eigenvalue weighted by atomic mass is 14.0. The molecular weight excluding hydrogens is 180 g/mol. The third-order valence-corrected chi connectivity index (χ3v) is 2.31. The van der Waals surface area contributed by atoms with Crippen molar-refractivity contribution in [1.82, 2.24) is 0 Å². The van der Waals surface area contributed by atoms with E-state index in [4.69, 9.17) is 0 Å². The molecule has 0 aliphatic carbocycles. The number of hydrogen-bond donors (Lipinski definition) is 0. The zero-order chi connectivity index (χ0) is 11.3. The molecule has 0 nitrogen and oxygen atoms in total. The zero-order valence-corrected chi connectivity index (χ0v) is 9.42. The van der Waals surface area contributed by atoms with E-state index >= 15 is 0 Å². The second-order valence-electron chi connectivity index (χ2n) is 3.80. The largest absolute Gasteiger partial charge is 0.103 e. The van der Waals surface area contributed by atoms with E-state index in [1.807, 2.05) is 19.1 Å². The maximum absolute atomic E-state index is 3.98. The van der Waals surface area contributed by atoms with Crippen LogP contribution in [-0.4, -0.2) is 0 Å². The van der Waals surface area contributed by atoms with Crippen LogP contribution in [0.5, 0.6) is 0 Å². The van der Waals surface area contributed by atoms with Crippen LogP contribution in [0.4, 0.5) is 0 Å². The second-order valence-corrected chi connectivity index (χ2v) is 3.80. The summed E-state index contributed by atoms with van der Waals surface area (Å²) in [6.45, 7) is 13.5. The van der Waals surface area contributed by atoms with Gasteiger partial charge in [-0.25, -0.2) is 0 Å². The molecule has 0 heterocycles. The van der Waals surface area contributed by atoms with Gasteiger partial charge < -0.3 is 0 Å². The molecule has 0 atom stereocenters. The summed E-state index contributed by atoms with van der Waals surface area (Å²) >= 11 is 0. The van der Waals surface area contributed by atoms with E-state index in [9.17, 15) is 0 Å². The Kier molecular flexibility index (Phi) is 4.11. The van der Waals surface area contributed by atoms with Crippen LogP contribution in [-0.2, 0) is 12.8 Å². The van der Waals surface area contributed by atoms with Crippen LogP contribution in [0, 0.1) is 0 Å². The number of rotatable bonds is 5. The predicted octanol–water partition coefficient (Wildman–Crippen LogP) is 4.18. The van der Waals surface area contributed by atoms with Gasteiger partial charge in [-0.2, -0.15) is 0 Å². The molecule has 0 bridgehead atoms. The lowest BCUT2D eigenvalue weighted by Gasteiger charge is -2.07. The summed E-state index contributed by atoms with van der Waals surface area (Å²) in [4.78, 5) is 0. The molecule has 1 aromatic rings. The first-order valence-corrected chi connectivity index (χ1v) is 5.18. The van der Waals surface area contributed by atoms with Crippen LogP contribution in [0.25, 0.3) is 5.57 Å². The molecule has 78 valence electrons. The Balaban J connectivity index is 3.12. The van der Waals surface area contributed by atoms with E-state index in [2.05, 4.69) is 37.9 Å². The van der Waals surface area contributed by atoms with Crippen molar-refractivity contribution in [3.63, 3.8) is 0 Å². The molecule has 1 aromatic carbocycles. The fourth-order valence-electron chi connectivity index (χ4n) is 1.58. The van der Waals surface area contributed by atoms with Crippen LogP contribution in [0.15, 0.2) is 50.1 Å². The minimum absolute atomic E-state index is 0.908. The standard InChI is InChI=1S/C15H18/c1-5-7-13-9-14(8-6-2)11-15(10-13)12(3)4/h5-6,9-11H,1-3,7-8H2,4H3. The van der Waals surface area contributed by atoms with Gasteiger partial charge in [0.05, 0.1) is 0 Å². The third kappa shape index (κ3) is 3.25. The molecule has 15 heavy (non-hydrogen) atoms. The maximum atomic E-state index is 3.98. The van der Waals surface area contributed by atoms with Gasteiger partial charge in [-0.1, -0.05) is 42.5 Å². The van der Waals surface area contributed by atoms with Crippen molar-refractivity contribution in [2.24, 2.45) is 0 Å². The van der Waals surface area contributed by atoms with E-state index in [0.29, 0.717) is 0 Å². The number of allylic oxidation sites excluding steroid dienone is 3. The summed E-state index contributed by atoms with van der Waals surface area (Å²) in [5, 5.41) is 0. The quantitative estimate of drug-likeness (QED) is 0.623. The molecule has 0 aliphatic heterocycles. The van der Waals surface area contributed by atoms with Gasteiger partial charge in [0.15, 0.2) is 0 Å². The van der Waals surface area contributed by atoms with E-state index in [1.165, 1.54) is 16.7 Å². The van der Waals surface area contributed by atoms with Gasteiger partial charge >= 0.3 is 0 Å². The first-order chi connectivity index (χ1) is 7.17. The second kappa shape index (κ2) is 5.35. The molecule has 0 aliphatic rings. The van der Waals surface area contributed by atoms with Crippen molar-refractivity contribution in [3.05, 3.63) is 66.8 Å². The van der Waals surface area contributed by atoms with Crippen LogP contribution in [0.1, 0.15) is 23.6 Å². The third-order valence-electron chi connectivity index (χ3n) is 2.31. The average Bonchev–Trinajstić information content (AvgIpc) is 2.18. The Hall–Kier alpha value is -1.56. The molecule has 0 fully saturated rings. The molecule has 1 rings (SSSR count). The molecule has 0 amide bonds. The predicted molar refractivity (Wildman–Crippen MR) is 69.0 cm³/mol. The van der Waals surface area contributed by atoms with Gasteiger partial charge in [-0.3, -0.25) is 0 Å². The van der Waals surface area contributed by atoms with Gasteiger partial charge in [0.25, 0.3) is 0 Å². The summed E-state index contributed by atoms with van der Waals surface area (Å²) in [6.07, 6.45) is 5.67. The van der Waals surface area contributed by atoms with Gasteiger partial charge in [0.2, 0.25) is 0 Å². The molecule has 0 heteroatoms. The Morgan fingerprint density at radius 3 is 1.87 bits per heavy atom. The number of benzene rings is 1. The molecular formula is C15H18. The lowest BCUT2D eigenvalue weighted by Crippen LogP contribution is -1.90. The Bertz CT molecular complexity index is 355. The van der Waals surface area contributed by atoms with E-state index in [1.54, 1.807) is 0 Å². The molecule has 0 radical (unpaired) electrons. The lowest BCUT2D eigenvalue weighted by molar-refractivity contribution is 1.20. The summed E-state index contributed by atoms with van der Waals surface area (Å²) in [5.41, 5.74) is 4.90. The fourth-order valence-corrected chi connectivity index (χ4v) is 1.58. The minimum Gasteiger partial charge on any atom is -0.103 e. The van der Waals surface area contributed by atoms with Gasteiger partial charge in [-0.05, 0) is 36.5 Å². The summed E-state index contributed by atoms with van der Waals surface area (Å²) in [7, 11) is 0. The normalized spacial score (nSPS) is 9.67. The minimum atomic E-state index is 0.908. The van der Waals surface area contributed by atoms with Crippen LogP contribution in [0.2, 0.25) is 0 Å². The molecule has 0 saturated carbocycles. The van der Waals surface area contributed by atoms with Gasteiger partial charge in [0, 0.05) is 0 Å². The SMILES string of the molecule is C=CCc1cc(CC=C)cc(C(=C)C)c1. The molecule has 0 aromatic heterocycles. The summed E-state index contributed by atoms with van der Waals surface area (Å²) in [5.74, 6) is 0. The van der Waals surface area contributed by atoms with Crippen LogP contribution >= 0.6 is 0 Å². The Morgan fingerprint density at radius 2 is 1.53 bits per heavy atom. The van der Waals surface area contributed by atoms with E-state index in [-0.39, 0.29) is 0 Å². The van der Waals surface area contributed by atoms with Crippen molar-refractivity contribution in [3.8, 4) is 0 Å². The Labute approximate surface area is 92.6 Å².